The number of para-hydroxylation sites is 1. The number of carbonyl (C=O) groups is 1. The average molecular weight is 388 g/mol. The molecule has 1 amide bonds. The molecule has 0 unspecified atom stereocenters. The first kappa shape index (κ1) is 18.5. The molecule has 0 aliphatic heterocycles. The summed E-state index contributed by atoms with van der Waals surface area (Å²) < 4.78 is 1.47. The van der Waals surface area contributed by atoms with Crippen molar-refractivity contribution in [1.82, 2.24) is 29.9 Å². The summed E-state index contributed by atoms with van der Waals surface area (Å²) in [6, 6.07) is 16.6. The highest BCUT2D eigenvalue weighted by Gasteiger charge is 2.16. The fourth-order valence-electron chi connectivity index (χ4n) is 3.17. The normalized spacial score (nSPS) is 12.0. The lowest BCUT2D eigenvalue weighted by molar-refractivity contribution is -0.122. The third kappa shape index (κ3) is 4.37. The molecule has 29 heavy (non-hydrogen) atoms. The summed E-state index contributed by atoms with van der Waals surface area (Å²) in [7, 11) is 0. The minimum atomic E-state index is -0.275. The first-order valence-electron chi connectivity index (χ1n) is 9.33. The maximum atomic E-state index is 12.6. The first-order valence-corrected chi connectivity index (χ1v) is 9.33. The fourth-order valence-corrected chi connectivity index (χ4v) is 3.17. The Bertz CT molecular complexity index is 1150. The van der Waals surface area contributed by atoms with Gasteiger partial charge in [0.2, 0.25) is 5.91 Å². The van der Waals surface area contributed by atoms with Gasteiger partial charge in [-0.05, 0) is 17.7 Å². The van der Waals surface area contributed by atoms with Crippen LogP contribution in [-0.2, 0) is 17.9 Å². The van der Waals surface area contributed by atoms with Crippen LogP contribution >= 0.6 is 0 Å². The molecule has 0 aliphatic rings. The van der Waals surface area contributed by atoms with Crippen molar-refractivity contribution in [1.29, 1.82) is 0 Å². The molecule has 1 atom stereocenters. The topological polar surface area (TPSA) is 94.7 Å². The zero-order chi connectivity index (χ0) is 20.1. The summed E-state index contributed by atoms with van der Waals surface area (Å²) in [4.78, 5) is 31.0. The Labute approximate surface area is 166 Å². The van der Waals surface area contributed by atoms with Crippen molar-refractivity contribution < 1.29 is 4.79 Å². The van der Waals surface area contributed by atoms with E-state index < -0.39 is 0 Å². The quantitative estimate of drug-likeness (QED) is 0.522. The van der Waals surface area contributed by atoms with Gasteiger partial charge >= 0.3 is 0 Å². The molecule has 0 fully saturated rings. The number of nitrogens with one attached hydrogen (secondary N) is 1. The molecule has 0 radical (unpaired) electrons. The van der Waals surface area contributed by atoms with E-state index in [4.69, 9.17) is 0 Å². The van der Waals surface area contributed by atoms with Gasteiger partial charge in [0, 0.05) is 13.0 Å². The molecule has 0 aliphatic carbocycles. The van der Waals surface area contributed by atoms with Crippen molar-refractivity contribution in [2.24, 2.45) is 0 Å². The number of benzene rings is 2. The van der Waals surface area contributed by atoms with Crippen LogP contribution in [-0.4, -0.2) is 30.5 Å². The summed E-state index contributed by atoms with van der Waals surface area (Å²) >= 11 is 0. The Morgan fingerprint density at radius 2 is 1.72 bits per heavy atom. The van der Waals surface area contributed by atoms with Gasteiger partial charge in [-0.15, -0.1) is 0 Å². The molecule has 2 heterocycles. The summed E-state index contributed by atoms with van der Waals surface area (Å²) in [5.74, 6) is -0.161. The third-order valence-electron chi connectivity index (χ3n) is 4.66. The van der Waals surface area contributed by atoms with Crippen LogP contribution in [0.3, 0.4) is 0 Å². The van der Waals surface area contributed by atoms with E-state index in [2.05, 4.69) is 20.5 Å². The van der Waals surface area contributed by atoms with Crippen LogP contribution in [0.4, 0.5) is 0 Å². The standard InChI is InChI=1S/C21H20N6O2/c28-20(10-13-26-15-22-18-9-5-4-8-17(18)21(26)29)25-19(14-27-23-11-12-24-27)16-6-2-1-3-7-16/h1-9,11-12,15,19H,10,13-14H2,(H,25,28)/t19-/m1/s1. The van der Waals surface area contributed by atoms with Gasteiger partial charge in [0.15, 0.2) is 0 Å². The van der Waals surface area contributed by atoms with Crippen molar-refractivity contribution in [3.05, 3.63) is 89.2 Å². The summed E-state index contributed by atoms with van der Waals surface area (Å²) in [6.07, 6.45) is 4.85. The zero-order valence-corrected chi connectivity index (χ0v) is 15.7. The van der Waals surface area contributed by atoms with Gasteiger partial charge in [-0.1, -0.05) is 42.5 Å². The SMILES string of the molecule is O=C(CCn1cnc2ccccc2c1=O)N[C@H](Cn1nccn1)c1ccccc1. The van der Waals surface area contributed by atoms with Gasteiger partial charge in [0.05, 0.1) is 42.2 Å². The van der Waals surface area contributed by atoms with Crippen molar-refractivity contribution >= 4 is 16.8 Å². The molecular weight excluding hydrogens is 368 g/mol. The molecule has 0 spiro atoms. The molecule has 2 aromatic heterocycles. The van der Waals surface area contributed by atoms with Crippen molar-refractivity contribution in [3.63, 3.8) is 0 Å². The molecule has 8 heteroatoms. The highest BCUT2D eigenvalue weighted by Crippen LogP contribution is 2.14. The Morgan fingerprint density at radius 1 is 1.00 bits per heavy atom. The predicted molar refractivity (Wildman–Crippen MR) is 108 cm³/mol. The van der Waals surface area contributed by atoms with E-state index in [1.54, 1.807) is 30.6 Å². The van der Waals surface area contributed by atoms with E-state index in [1.165, 1.54) is 15.7 Å². The predicted octanol–water partition coefficient (Wildman–Crippen LogP) is 1.94. The lowest BCUT2D eigenvalue weighted by atomic mass is 10.1. The second-order valence-electron chi connectivity index (χ2n) is 6.62. The molecule has 8 nitrogen and oxygen atoms in total. The summed E-state index contributed by atoms with van der Waals surface area (Å²) in [6.45, 7) is 0.671. The van der Waals surface area contributed by atoms with E-state index in [0.29, 0.717) is 17.4 Å². The Balaban J connectivity index is 1.46. The van der Waals surface area contributed by atoms with E-state index in [0.717, 1.165) is 5.56 Å². The van der Waals surface area contributed by atoms with Gasteiger partial charge in [0.25, 0.3) is 5.56 Å². The number of hydrogen-bond acceptors (Lipinski definition) is 5. The van der Waals surface area contributed by atoms with E-state index >= 15 is 0 Å². The van der Waals surface area contributed by atoms with Crippen LogP contribution in [0.25, 0.3) is 10.9 Å². The maximum absolute atomic E-state index is 12.6. The number of hydrogen-bond donors (Lipinski definition) is 1. The molecule has 0 saturated carbocycles. The number of aromatic nitrogens is 5. The monoisotopic (exact) mass is 388 g/mol. The highest BCUT2D eigenvalue weighted by molar-refractivity contribution is 5.77. The fraction of sp³-hybridized carbons (Fsp3) is 0.190. The molecule has 4 rings (SSSR count). The van der Waals surface area contributed by atoms with Crippen molar-refractivity contribution in [2.45, 2.75) is 25.6 Å². The number of nitrogens with zero attached hydrogens (tertiary/aromatic N) is 5. The largest absolute Gasteiger partial charge is 0.347 e. The number of carbonyl (C=O) groups excluding carboxylic acids is 1. The van der Waals surface area contributed by atoms with Crippen LogP contribution in [0.2, 0.25) is 0 Å². The van der Waals surface area contributed by atoms with Crippen molar-refractivity contribution in [2.75, 3.05) is 0 Å². The third-order valence-corrected chi connectivity index (χ3v) is 4.66. The number of aryl methyl sites for hydroxylation is 1. The minimum absolute atomic E-state index is 0.149. The molecular formula is C21H20N6O2. The second kappa shape index (κ2) is 8.47. The smallest absolute Gasteiger partial charge is 0.261 e. The van der Waals surface area contributed by atoms with Crippen LogP contribution in [0, 0.1) is 0 Å². The summed E-state index contributed by atoms with van der Waals surface area (Å²) in [5, 5.41) is 11.8. The Morgan fingerprint density at radius 3 is 2.52 bits per heavy atom. The molecule has 0 bridgehead atoms. The number of fused-ring (bicyclic) bond motifs is 1. The molecule has 1 N–H and O–H groups in total. The zero-order valence-electron chi connectivity index (χ0n) is 15.7. The highest BCUT2D eigenvalue weighted by atomic mass is 16.2. The van der Waals surface area contributed by atoms with Gasteiger partial charge in [-0.25, -0.2) is 4.98 Å². The first-order chi connectivity index (χ1) is 14.2. The van der Waals surface area contributed by atoms with Crippen LogP contribution in [0.5, 0.6) is 0 Å². The Hall–Kier alpha value is -3.81. The van der Waals surface area contributed by atoms with E-state index in [1.807, 2.05) is 36.4 Å². The van der Waals surface area contributed by atoms with Gasteiger partial charge < -0.3 is 5.32 Å². The van der Waals surface area contributed by atoms with Gasteiger partial charge in [-0.3, -0.25) is 14.2 Å². The lowest BCUT2D eigenvalue weighted by Crippen LogP contribution is -2.33. The molecule has 2 aromatic carbocycles. The van der Waals surface area contributed by atoms with E-state index in [9.17, 15) is 9.59 Å². The van der Waals surface area contributed by atoms with Crippen molar-refractivity contribution in [3.8, 4) is 0 Å². The van der Waals surface area contributed by atoms with Crippen LogP contribution < -0.4 is 10.9 Å². The Kier molecular flexibility index (Phi) is 5.42. The summed E-state index contributed by atoms with van der Waals surface area (Å²) in [5.41, 5.74) is 1.46. The molecule has 146 valence electrons. The van der Waals surface area contributed by atoms with Crippen LogP contribution in [0.1, 0.15) is 18.0 Å². The van der Waals surface area contributed by atoms with Crippen LogP contribution in [0.15, 0.2) is 78.1 Å². The van der Waals surface area contributed by atoms with E-state index in [-0.39, 0.29) is 30.5 Å². The molecule has 4 aromatic rings. The van der Waals surface area contributed by atoms with Gasteiger partial charge in [-0.2, -0.15) is 15.0 Å². The maximum Gasteiger partial charge on any atom is 0.261 e. The minimum Gasteiger partial charge on any atom is -0.347 e. The number of amides is 1. The second-order valence-corrected chi connectivity index (χ2v) is 6.62. The lowest BCUT2D eigenvalue weighted by Gasteiger charge is -2.19. The molecule has 0 saturated heterocycles. The number of rotatable bonds is 7. The average Bonchev–Trinajstić information content (AvgIpc) is 3.27. The van der Waals surface area contributed by atoms with Gasteiger partial charge in [0.1, 0.15) is 0 Å².